The van der Waals surface area contributed by atoms with E-state index in [1.165, 1.54) is 10.9 Å². The van der Waals surface area contributed by atoms with Crippen molar-refractivity contribution < 1.29 is 13.9 Å². The molecule has 5 nitrogen and oxygen atoms in total. The number of furan rings is 1. The molecule has 29 heavy (non-hydrogen) atoms. The molecule has 0 spiro atoms. The number of aryl methyl sites for hydroxylation is 1. The van der Waals surface area contributed by atoms with Gasteiger partial charge in [0.25, 0.3) is 0 Å². The average Bonchev–Trinajstić information content (AvgIpc) is 3.36. The Labute approximate surface area is 170 Å². The third-order valence-electron chi connectivity index (χ3n) is 5.25. The van der Waals surface area contributed by atoms with Crippen LogP contribution in [0.4, 0.5) is 0 Å². The molecule has 2 aromatic carbocycles. The summed E-state index contributed by atoms with van der Waals surface area (Å²) in [5, 5.41) is 4.76. The SMILES string of the molecule is COc1cccc([C@@H](CNCc2ccc(C)o2)c2c[nH]c3ccccc23)c1OC. The van der Waals surface area contributed by atoms with E-state index in [0.717, 1.165) is 40.6 Å². The standard InChI is InChI=1S/C24H26N2O3/c1-16-11-12-17(29-16)13-25-14-20(19-8-6-10-23(27-2)24(19)28-3)21-15-26-22-9-5-4-7-18(21)22/h4-12,15,20,25-26H,13-14H2,1-3H3/t20-/m1/s1. The third kappa shape index (κ3) is 3.87. The summed E-state index contributed by atoms with van der Waals surface area (Å²) in [5.41, 5.74) is 3.42. The number of methoxy groups -OCH3 is 2. The highest BCUT2D eigenvalue weighted by atomic mass is 16.5. The van der Waals surface area contributed by atoms with Gasteiger partial charge in [0, 0.05) is 35.1 Å². The number of aromatic amines is 1. The van der Waals surface area contributed by atoms with Crippen LogP contribution < -0.4 is 14.8 Å². The molecule has 4 rings (SSSR count). The van der Waals surface area contributed by atoms with Crippen molar-refractivity contribution in [1.82, 2.24) is 10.3 Å². The number of aromatic nitrogens is 1. The monoisotopic (exact) mass is 390 g/mol. The molecule has 0 saturated carbocycles. The van der Waals surface area contributed by atoms with Crippen LogP contribution in [0.15, 0.2) is 65.2 Å². The Morgan fingerprint density at radius 2 is 1.83 bits per heavy atom. The van der Waals surface area contributed by atoms with Gasteiger partial charge in [0.2, 0.25) is 0 Å². The minimum atomic E-state index is 0.0762. The first-order valence-electron chi connectivity index (χ1n) is 9.74. The van der Waals surface area contributed by atoms with E-state index < -0.39 is 0 Å². The van der Waals surface area contributed by atoms with Gasteiger partial charge in [-0.05, 0) is 36.8 Å². The Kier molecular flexibility index (Phi) is 5.58. The minimum absolute atomic E-state index is 0.0762. The van der Waals surface area contributed by atoms with Gasteiger partial charge in [-0.1, -0.05) is 30.3 Å². The fraction of sp³-hybridized carbons (Fsp3) is 0.250. The highest BCUT2D eigenvalue weighted by Gasteiger charge is 2.23. The summed E-state index contributed by atoms with van der Waals surface area (Å²) >= 11 is 0. The lowest BCUT2D eigenvalue weighted by Crippen LogP contribution is -2.22. The van der Waals surface area contributed by atoms with Crippen LogP contribution in [0.3, 0.4) is 0 Å². The molecule has 0 amide bonds. The van der Waals surface area contributed by atoms with Crippen LogP contribution in [-0.2, 0) is 6.54 Å². The molecule has 2 aromatic heterocycles. The van der Waals surface area contributed by atoms with Gasteiger partial charge >= 0.3 is 0 Å². The van der Waals surface area contributed by atoms with Crippen molar-refractivity contribution in [2.75, 3.05) is 20.8 Å². The molecule has 0 aliphatic rings. The molecule has 2 heterocycles. The third-order valence-corrected chi connectivity index (χ3v) is 5.25. The number of benzene rings is 2. The first kappa shape index (κ1) is 19.2. The zero-order valence-electron chi connectivity index (χ0n) is 17.0. The number of H-pyrrole nitrogens is 1. The van der Waals surface area contributed by atoms with Gasteiger partial charge < -0.3 is 24.2 Å². The first-order chi connectivity index (χ1) is 14.2. The number of ether oxygens (including phenoxy) is 2. The number of rotatable bonds is 8. The maximum Gasteiger partial charge on any atom is 0.164 e. The van der Waals surface area contributed by atoms with E-state index >= 15 is 0 Å². The van der Waals surface area contributed by atoms with Gasteiger partial charge in [0.15, 0.2) is 11.5 Å². The zero-order valence-corrected chi connectivity index (χ0v) is 17.0. The molecule has 150 valence electrons. The summed E-state index contributed by atoms with van der Waals surface area (Å²) in [6.45, 7) is 3.35. The van der Waals surface area contributed by atoms with Crippen LogP contribution in [0.1, 0.15) is 28.6 Å². The molecule has 0 unspecified atom stereocenters. The number of hydrogen-bond donors (Lipinski definition) is 2. The molecule has 4 aromatic rings. The predicted molar refractivity (Wildman–Crippen MR) is 115 cm³/mol. The first-order valence-corrected chi connectivity index (χ1v) is 9.74. The second-order valence-electron chi connectivity index (χ2n) is 7.07. The quantitative estimate of drug-likeness (QED) is 0.444. The molecule has 0 bridgehead atoms. The lowest BCUT2D eigenvalue weighted by atomic mass is 9.90. The second-order valence-corrected chi connectivity index (χ2v) is 7.07. The van der Waals surface area contributed by atoms with Gasteiger partial charge in [-0.3, -0.25) is 0 Å². The summed E-state index contributed by atoms with van der Waals surface area (Å²) in [6, 6.07) is 18.4. The molecular weight excluding hydrogens is 364 g/mol. The van der Waals surface area contributed by atoms with Crippen molar-refractivity contribution in [2.24, 2.45) is 0 Å². The van der Waals surface area contributed by atoms with E-state index in [1.54, 1.807) is 14.2 Å². The maximum absolute atomic E-state index is 5.74. The Morgan fingerprint density at radius 3 is 2.59 bits per heavy atom. The van der Waals surface area contributed by atoms with Crippen molar-refractivity contribution in [3.8, 4) is 11.5 Å². The predicted octanol–water partition coefficient (Wildman–Crippen LogP) is 5.01. The fourth-order valence-electron chi connectivity index (χ4n) is 3.88. The summed E-state index contributed by atoms with van der Waals surface area (Å²) in [5.74, 6) is 3.42. The van der Waals surface area contributed by atoms with Crippen molar-refractivity contribution in [3.05, 3.63) is 83.4 Å². The van der Waals surface area contributed by atoms with E-state index in [-0.39, 0.29) is 5.92 Å². The molecular formula is C24H26N2O3. The van der Waals surface area contributed by atoms with Crippen molar-refractivity contribution in [1.29, 1.82) is 0 Å². The van der Waals surface area contributed by atoms with Crippen molar-refractivity contribution >= 4 is 10.9 Å². The van der Waals surface area contributed by atoms with E-state index in [0.29, 0.717) is 6.54 Å². The molecule has 5 heteroatoms. The molecule has 0 aliphatic heterocycles. The molecule has 1 atom stereocenters. The lowest BCUT2D eigenvalue weighted by Gasteiger charge is -2.22. The van der Waals surface area contributed by atoms with E-state index in [2.05, 4.69) is 40.8 Å². The van der Waals surface area contributed by atoms with Crippen molar-refractivity contribution in [2.45, 2.75) is 19.4 Å². The van der Waals surface area contributed by atoms with Crippen LogP contribution in [0.5, 0.6) is 11.5 Å². The van der Waals surface area contributed by atoms with Crippen LogP contribution in [0.2, 0.25) is 0 Å². The van der Waals surface area contributed by atoms with Gasteiger partial charge in [-0.15, -0.1) is 0 Å². The highest BCUT2D eigenvalue weighted by Crippen LogP contribution is 2.40. The van der Waals surface area contributed by atoms with Gasteiger partial charge in [0.1, 0.15) is 11.5 Å². The molecule has 0 fully saturated rings. The van der Waals surface area contributed by atoms with Crippen LogP contribution >= 0.6 is 0 Å². The Balaban J connectivity index is 1.71. The van der Waals surface area contributed by atoms with Crippen LogP contribution in [0.25, 0.3) is 10.9 Å². The Hall–Kier alpha value is -3.18. The number of para-hydroxylation sites is 2. The summed E-state index contributed by atoms with van der Waals surface area (Å²) in [4.78, 5) is 3.40. The van der Waals surface area contributed by atoms with E-state index in [4.69, 9.17) is 13.9 Å². The smallest absolute Gasteiger partial charge is 0.164 e. The number of fused-ring (bicyclic) bond motifs is 1. The average molecular weight is 390 g/mol. The van der Waals surface area contributed by atoms with E-state index in [9.17, 15) is 0 Å². The van der Waals surface area contributed by atoms with Crippen LogP contribution in [-0.4, -0.2) is 25.7 Å². The summed E-state index contributed by atoms with van der Waals surface area (Å²) in [6.07, 6.45) is 2.09. The van der Waals surface area contributed by atoms with Crippen LogP contribution in [0, 0.1) is 6.92 Å². The van der Waals surface area contributed by atoms with Gasteiger partial charge in [0.05, 0.1) is 20.8 Å². The lowest BCUT2D eigenvalue weighted by molar-refractivity contribution is 0.350. The molecule has 2 N–H and O–H groups in total. The molecule has 0 radical (unpaired) electrons. The van der Waals surface area contributed by atoms with Gasteiger partial charge in [-0.2, -0.15) is 0 Å². The summed E-state index contributed by atoms with van der Waals surface area (Å²) < 4.78 is 17.0. The summed E-state index contributed by atoms with van der Waals surface area (Å²) in [7, 11) is 3.35. The fourth-order valence-corrected chi connectivity index (χ4v) is 3.88. The zero-order chi connectivity index (χ0) is 20.2. The second kappa shape index (κ2) is 8.45. The van der Waals surface area contributed by atoms with E-state index in [1.807, 2.05) is 37.3 Å². The normalized spacial score (nSPS) is 12.2. The number of hydrogen-bond acceptors (Lipinski definition) is 4. The Morgan fingerprint density at radius 1 is 0.966 bits per heavy atom. The minimum Gasteiger partial charge on any atom is -0.493 e. The Bertz CT molecular complexity index is 1100. The number of nitrogens with one attached hydrogen (secondary N) is 2. The molecule has 0 saturated heterocycles. The maximum atomic E-state index is 5.74. The van der Waals surface area contributed by atoms with Gasteiger partial charge in [-0.25, -0.2) is 0 Å². The van der Waals surface area contributed by atoms with Crippen molar-refractivity contribution in [3.63, 3.8) is 0 Å². The molecule has 0 aliphatic carbocycles. The largest absolute Gasteiger partial charge is 0.493 e. The topological polar surface area (TPSA) is 59.4 Å². The highest BCUT2D eigenvalue weighted by molar-refractivity contribution is 5.84.